The highest BCUT2D eigenvalue weighted by molar-refractivity contribution is 5.27. The molecular weight excluding hydrogens is 238 g/mol. The smallest absolute Gasteiger partial charge is 0.130 e. The second-order valence-electron chi connectivity index (χ2n) is 4.61. The number of hydrogen-bond acceptors (Lipinski definition) is 3. The van der Waals surface area contributed by atoms with E-state index in [9.17, 15) is 0 Å². The summed E-state index contributed by atoms with van der Waals surface area (Å²) in [6.45, 7) is 6.52. The second kappa shape index (κ2) is 6.38. The number of nitrogens with zero attached hydrogens (tertiary/aromatic N) is 2. The average Bonchev–Trinajstić information content (AvgIpc) is 2.73. The van der Waals surface area contributed by atoms with Crippen LogP contribution in [0.25, 0.3) is 0 Å². The second-order valence-corrected chi connectivity index (χ2v) is 4.61. The van der Waals surface area contributed by atoms with Crippen molar-refractivity contribution in [1.82, 2.24) is 15.1 Å². The molecule has 0 bridgehead atoms. The Labute approximate surface area is 114 Å². The van der Waals surface area contributed by atoms with E-state index in [1.807, 2.05) is 36.9 Å². The van der Waals surface area contributed by atoms with Crippen molar-refractivity contribution in [3.63, 3.8) is 0 Å². The molecule has 19 heavy (non-hydrogen) atoms. The van der Waals surface area contributed by atoms with E-state index in [2.05, 4.69) is 29.5 Å². The van der Waals surface area contributed by atoms with Crippen molar-refractivity contribution in [3.8, 4) is 5.75 Å². The lowest BCUT2D eigenvalue weighted by atomic mass is 10.2. The monoisotopic (exact) mass is 259 g/mol. The van der Waals surface area contributed by atoms with Gasteiger partial charge in [-0.2, -0.15) is 5.10 Å². The van der Waals surface area contributed by atoms with E-state index in [0.29, 0.717) is 6.61 Å². The van der Waals surface area contributed by atoms with Gasteiger partial charge in [0.05, 0.1) is 11.4 Å². The number of benzene rings is 1. The highest BCUT2D eigenvalue weighted by atomic mass is 16.5. The molecule has 4 heteroatoms. The highest BCUT2D eigenvalue weighted by Crippen LogP contribution is 2.14. The Kier molecular flexibility index (Phi) is 4.58. The van der Waals surface area contributed by atoms with Gasteiger partial charge in [-0.05, 0) is 37.2 Å². The summed E-state index contributed by atoms with van der Waals surface area (Å²) in [5.74, 6) is 0.888. The molecule has 0 aliphatic heterocycles. The van der Waals surface area contributed by atoms with Gasteiger partial charge in [-0.3, -0.25) is 4.68 Å². The fourth-order valence-electron chi connectivity index (χ4n) is 1.93. The zero-order valence-electron chi connectivity index (χ0n) is 11.8. The molecule has 2 rings (SSSR count). The summed E-state index contributed by atoms with van der Waals surface area (Å²) in [5, 5.41) is 7.60. The molecule has 0 amide bonds. The Morgan fingerprint density at radius 2 is 2.00 bits per heavy atom. The van der Waals surface area contributed by atoms with E-state index in [-0.39, 0.29) is 0 Å². The standard InChI is InChI=1S/C15H21N3O/c1-4-16-10-13-5-7-15(8-6-13)19-11-14-9-12(2)17-18(14)3/h5-9,16H,4,10-11H2,1-3H3. The summed E-state index contributed by atoms with van der Waals surface area (Å²) in [5.41, 5.74) is 3.36. The fourth-order valence-corrected chi connectivity index (χ4v) is 1.93. The lowest BCUT2D eigenvalue weighted by molar-refractivity contribution is 0.295. The Morgan fingerprint density at radius 3 is 2.58 bits per heavy atom. The zero-order valence-corrected chi connectivity index (χ0v) is 11.8. The Hall–Kier alpha value is -1.81. The quantitative estimate of drug-likeness (QED) is 0.866. The van der Waals surface area contributed by atoms with Crippen molar-refractivity contribution >= 4 is 0 Å². The Balaban J connectivity index is 1.91. The van der Waals surface area contributed by atoms with Crippen molar-refractivity contribution in [3.05, 3.63) is 47.3 Å². The van der Waals surface area contributed by atoms with E-state index in [0.717, 1.165) is 30.2 Å². The van der Waals surface area contributed by atoms with E-state index < -0.39 is 0 Å². The van der Waals surface area contributed by atoms with Gasteiger partial charge >= 0.3 is 0 Å². The van der Waals surface area contributed by atoms with Crippen molar-refractivity contribution in [1.29, 1.82) is 0 Å². The van der Waals surface area contributed by atoms with Crippen molar-refractivity contribution in [2.24, 2.45) is 7.05 Å². The Morgan fingerprint density at radius 1 is 1.26 bits per heavy atom. The van der Waals surface area contributed by atoms with Gasteiger partial charge in [0, 0.05) is 13.6 Å². The van der Waals surface area contributed by atoms with Gasteiger partial charge in [-0.25, -0.2) is 0 Å². The lowest BCUT2D eigenvalue weighted by Crippen LogP contribution is -2.11. The average molecular weight is 259 g/mol. The Bertz CT molecular complexity index is 517. The fraction of sp³-hybridized carbons (Fsp3) is 0.400. The van der Waals surface area contributed by atoms with Crippen molar-refractivity contribution in [2.75, 3.05) is 6.54 Å². The van der Waals surface area contributed by atoms with Crippen molar-refractivity contribution < 1.29 is 4.74 Å². The first-order valence-corrected chi connectivity index (χ1v) is 6.61. The minimum Gasteiger partial charge on any atom is -0.487 e. The van der Waals surface area contributed by atoms with Crippen LogP contribution in [0.5, 0.6) is 5.75 Å². The number of aryl methyl sites for hydroxylation is 2. The first-order chi connectivity index (χ1) is 9.19. The molecular formula is C15H21N3O. The van der Waals surface area contributed by atoms with Crippen LogP contribution in [0.2, 0.25) is 0 Å². The van der Waals surface area contributed by atoms with Gasteiger partial charge in [0.15, 0.2) is 0 Å². The highest BCUT2D eigenvalue weighted by Gasteiger charge is 2.03. The molecule has 1 N–H and O–H groups in total. The number of ether oxygens (including phenoxy) is 1. The number of aromatic nitrogens is 2. The third kappa shape index (κ3) is 3.83. The van der Waals surface area contributed by atoms with Gasteiger partial charge in [-0.1, -0.05) is 19.1 Å². The molecule has 0 fully saturated rings. The van der Waals surface area contributed by atoms with Crippen LogP contribution in [-0.2, 0) is 20.2 Å². The number of nitrogens with one attached hydrogen (secondary N) is 1. The molecule has 0 atom stereocenters. The summed E-state index contributed by atoms with van der Waals surface area (Å²) in [7, 11) is 1.94. The van der Waals surface area contributed by atoms with Crippen LogP contribution in [0.4, 0.5) is 0 Å². The van der Waals surface area contributed by atoms with Crippen LogP contribution in [0.1, 0.15) is 23.9 Å². The van der Waals surface area contributed by atoms with Crippen LogP contribution in [0.15, 0.2) is 30.3 Å². The maximum Gasteiger partial charge on any atom is 0.130 e. The molecule has 0 saturated heterocycles. The predicted molar refractivity (Wildman–Crippen MR) is 76.1 cm³/mol. The number of rotatable bonds is 6. The maximum absolute atomic E-state index is 5.76. The molecule has 0 spiro atoms. The first-order valence-electron chi connectivity index (χ1n) is 6.61. The third-order valence-electron chi connectivity index (χ3n) is 2.99. The van der Waals surface area contributed by atoms with Crippen LogP contribution >= 0.6 is 0 Å². The molecule has 1 heterocycles. The molecule has 1 aromatic heterocycles. The van der Waals surface area contributed by atoms with Gasteiger partial charge in [0.2, 0.25) is 0 Å². The topological polar surface area (TPSA) is 39.1 Å². The molecule has 102 valence electrons. The van der Waals surface area contributed by atoms with Gasteiger partial charge in [0.25, 0.3) is 0 Å². The lowest BCUT2D eigenvalue weighted by Gasteiger charge is -2.07. The molecule has 0 saturated carbocycles. The first kappa shape index (κ1) is 13.6. The largest absolute Gasteiger partial charge is 0.487 e. The molecule has 0 unspecified atom stereocenters. The summed E-state index contributed by atoms with van der Waals surface area (Å²) in [4.78, 5) is 0. The molecule has 2 aromatic rings. The molecule has 0 aliphatic rings. The minimum absolute atomic E-state index is 0.546. The third-order valence-corrected chi connectivity index (χ3v) is 2.99. The van der Waals surface area contributed by atoms with E-state index >= 15 is 0 Å². The SMILES string of the molecule is CCNCc1ccc(OCc2cc(C)nn2C)cc1. The van der Waals surface area contributed by atoms with Crippen LogP contribution in [0, 0.1) is 6.92 Å². The molecule has 1 aromatic carbocycles. The summed E-state index contributed by atoms with van der Waals surface area (Å²) in [6, 6.07) is 10.2. The van der Waals surface area contributed by atoms with E-state index in [1.165, 1.54) is 5.56 Å². The van der Waals surface area contributed by atoms with Crippen molar-refractivity contribution in [2.45, 2.75) is 27.0 Å². The van der Waals surface area contributed by atoms with Gasteiger partial charge in [-0.15, -0.1) is 0 Å². The van der Waals surface area contributed by atoms with Crippen LogP contribution in [-0.4, -0.2) is 16.3 Å². The van der Waals surface area contributed by atoms with Gasteiger partial charge in [0.1, 0.15) is 12.4 Å². The minimum atomic E-state index is 0.546. The van der Waals surface area contributed by atoms with Crippen LogP contribution in [0.3, 0.4) is 0 Å². The molecule has 0 radical (unpaired) electrons. The van der Waals surface area contributed by atoms with E-state index in [1.54, 1.807) is 0 Å². The molecule has 4 nitrogen and oxygen atoms in total. The summed E-state index contributed by atoms with van der Waals surface area (Å²) in [6.07, 6.45) is 0. The molecule has 0 aliphatic carbocycles. The summed E-state index contributed by atoms with van der Waals surface area (Å²) >= 11 is 0. The van der Waals surface area contributed by atoms with Crippen LogP contribution < -0.4 is 10.1 Å². The number of hydrogen-bond donors (Lipinski definition) is 1. The maximum atomic E-state index is 5.76. The zero-order chi connectivity index (χ0) is 13.7. The normalized spacial score (nSPS) is 10.7. The summed E-state index contributed by atoms with van der Waals surface area (Å²) < 4.78 is 7.62. The predicted octanol–water partition coefficient (Wildman–Crippen LogP) is 2.42. The van der Waals surface area contributed by atoms with E-state index in [4.69, 9.17) is 4.74 Å². The van der Waals surface area contributed by atoms with Gasteiger partial charge < -0.3 is 10.1 Å².